The van der Waals surface area contributed by atoms with Crippen LogP contribution in [0.5, 0.6) is 0 Å². The Morgan fingerprint density at radius 3 is 2.67 bits per heavy atom. The third-order valence-corrected chi connectivity index (χ3v) is 6.98. The summed E-state index contributed by atoms with van der Waals surface area (Å²) in [6.07, 6.45) is 0.994. The predicted octanol–water partition coefficient (Wildman–Crippen LogP) is 3.96. The molecular weight excluding hydrogens is 439 g/mol. The summed E-state index contributed by atoms with van der Waals surface area (Å²) in [6, 6.07) is 8.10. The second-order valence-electron chi connectivity index (χ2n) is 6.61. The number of sulfonamides is 1. The van der Waals surface area contributed by atoms with Crippen molar-refractivity contribution in [2.75, 3.05) is 6.54 Å². The second kappa shape index (κ2) is 7.74. The lowest BCUT2D eigenvalue weighted by molar-refractivity contribution is -0.384. The van der Waals surface area contributed by atoms with Crippen molar-refractivity contribution in [1.82, 2.24) is 14.4 Å². The molecule has 1 unspecified atom stereocenters. The van der Waals surface area contributed by atoms with Crippen LogP contribution in [0, 0.1) is 15.9 Å². The quantitative estimate of drug-likeness (QED) is 0.424. The van der Waals surface area contributed by atoms with E-state index < -0.39 is 32.5 Å². The van der Waals surface area contributed by atoms with E-state index in [1.807, 2.05) is 0 Å². The van der Waals surface area contributed by atoms with Crippen molar-refractivity contribution in [2.24, 2.45) is 0 Å². The van der Waals surface area contributed by atoms with Gasteiger partial charge in [-0.25, -0.2) is 12.8 Å². The molecule has 0 saturated carbocycles. The minimum atomic E-state index is -4.08. The number of nitrogens with zero attached hydrogens (tertiary/aromatic N) is 4. The van der Waals surface area contributed by atoms with E-state index in [1.165, 1.54) is 40.7 Å². The molecule has 0 bridgehead atoms. The van der Waals surface area contributed by atoms with Gasteiger partial charge >= 0.3 is 0 Å². The normalized spacial score (nSPS) is 17.3. The summed E-state index contributed by atoms with van der Waals surface area (Å²) < 4.78 is 45.9. The zero-order valence-corrected chi connectivity index (χ0v) is 16.8. The maximum Gasteiger partial charge on any atom is 0.289 e. The molecule has 156 valence electrons. The van der Waals surface area contributed by atoms with Gasteiger partial charge in [0.25, 0.3) is 5.69 Å². The number of halogens is 2. The first-order valence-corrected chi connectivity index (χ1v) is 10.6. The first-order chi connectivity index (χ1) is 14.3. The van der Waals surface area contributed by atoms with Gasteiger partial charge in [-0.3, -0.25) is 10.1 Å². The standard InChI is InChI=1S/C18H14ClFN4O5S/c19-14-8-7-13(10-16(14)24(25)26)30(27,28)23-9-1-2-15(23)18-21-17(22-29-18)11-3-5-12(20)6-4-11/h3-8,10,15H,1-2,9H2. The number of nitro benzene ring substituents is 1. The molecule has 1 aliphatic heterocycles. The van der Waals surface area contributed by atoms with Gasteiger partial charge in [-0.15, -0.1) is 0 Å². The minimum Gasteiger partial charge on any atom is -0.337 e. The van der Waals surface area contributed by atoms with E-state index in [0.717, 1.165) is 6.07 Å². The largest absolute Gasteiger partial charge is 0.337 e. The monoisotopic (exact) mass is 452 g/mol. The van der Waals surface area contributed by atoms with Crippen molar-refractivity contribution in [3.63, 3.8) is 0 Å². The van der Waals surface area contributed by atoms with Crippen LogP contribution in [-0.4, -0.2) is 34.3 Å². The Bertz CT molecular complexity index is 1220. The van der Waals surface area contributed by atoms with Crippen LogP contribution in [-0.2, 0) is 10.0 Å². The van der Waals surface area contributed by atoms with Crippen LogP contribution >= 0.6 is 11.6 Å². The molecule has 1 aromatic heterocycles. The van der Waals surface area contributed by atoms with Crippen LogP contribution in [0.1, 0.15) is 24.8 Å². The molecule has 1 saturated heterocycles. The molecule has 0 radical (unpaired) electrons. The number of rotatable bonds is 5. The van der Waals surface area contributed by atoms with Gasteiger partial charge in [0.05, 0.1) is 9.82 Å². The van der Waals surface area contributed by atoms with E-state index in [0.29, 0.717) is 18.4 Å². The van der Waals surface area contributed by atoms with Crippen LogP contribution in [0.4, 0.5) is 10.1 Å². The van der Waals surface area contributed by atoms with Crippen LogP contribution in [0.3, 0.4) is 0 Å². The molecule has 0 aliphatic carbocycles. The Hall–Kier alpha value is -2.89. The van der Waals surface area contributed by atoms with Gasteiger partial charge in [0, 0.05) is 18.2 Å². The average molecular weight is 453 g/mol. The Labute approximate surface area is 175 Å². The maximum absolute atomic E-state index is 13.1. The fraction of sp³-hybridized carbons (Fsp3) is 0.222. The van der Waals surface area contributed by atoms with Crippen LogP contribution in [0.2, 0.25) is 5.02 Å². The molecule has 0 amide bonds. The molecule has 1 aliphatic rings. The van der Waals surface area contributed by atoms with Crippen LogP contribution in [0.15, 0.2) is 51.9 Å². The van der Waals surface area contributed by atoms with E-state index in [1.54, 1.807) is 0 Å². The Balaban J connectivity index is 1.66. The molecule has 2 heterocycles. The molecule has 30 heavy (non-hydrogen) atoms. The molecule has 4 rings (SSSR count). The Kier molecular flexibility index (Phi) is 5.26. The fourth-order valence-electron chi connectivity index (χ4n) is 3.29. The van der Waals surface area contributed by atoms with E-state index in [-0.39, 0.29) is 28.2 Å². The lowest BCUT2D eigenvalue weighted by Gasteiger charge is -2.21. The first-order valence-electron chi connectivity index (χ1n) is 8.83. The highest BCUT2D eigenvalue weighted by Gasteiger charge is 2.40. The van der Waals surface area contributed by atoms with Gasteiger partial charge < -0.3 is 4.52 Å². The highest BCUT2D eigenvalue weighted by molar-refractivity contribution is 7.89. The lowest BCUT2D eigenvalue weighted by Crippen LogP contribution is -2.31. The van der Waals surface area contributed by atoms with Gasteiger partial charge in [-0.05, 0) is 49.2 Å². The highest BCUT2D eigenvalue weighted by atomic mass is 35.5. The third-order valence-electron chi connectivity index (χ3n) is 4.75. The SMILES string of the molecule is O=[N+]([O-])c1cc(S(=O)(=O)N2CCCC2c2nc(-c3ccc(F)cc3)no2)ccc1Cl. The van der Waals surface area contributed by atoms with Gasteiger partial charge in [0.1, 0.15) is 16.9 Å². The summed E-state index contributed by atoms with van der Waals surface area (Å²) in [4.78, 5) is 14.4. The Morgan fingerprint density at radius 2 is 1.97 bits per heavy atom. The number of benzene rings is 2. The number of aromatic nitrogens is 2. The van der Waals surface area contributed by atoms with E-state index >= 15 is 0 Å². The molecule has 9 nitrogen and oxygen atoms in total. The zero-order valence-electron chi connectivity index (χ0n) is 15.2. The summed E-state index contributed by atoms with van der Waals surface area (Å²) in [6.45, 7) is 0.192. The number of nitro groups is 1. The highest BCUT2D eigenvalue weighted by Crippen LogP contribution is 2.38. The van der Waals surface area contributed by atoms with Crippen LogP contribution in [0.25, 0.3) is 11.4 Å². The molecule has 12 heteroatoms. The maximum atomic E-state index is 13.1. The second-order valence-corrected chi connectivity index (χ2v) is 8.90. The van der Waals surface area contributed by atoms with Crippen molar-refractivity contribution in [1.29, 1.82) is 0 Å². The van der Waals surface area contributed by atoms with Gasteiger partial charge in [-0.1, -0.05) is 16.8 Å². The molecule has 0 spiro atoms. The fourth-order valence-corrected chi connectivity index (χ4v) is 5.15. The van der Waals surface area contributed by atoms with E-state index in [2.05, 4.69) is 10.1 Å². The van der Waals surface area contributed by atoms with Gasteiger partial charge in [-0.2, -0.15) is 9.29 Å². The third kappa shape index (κ3) is 3.66. The molecule has 1 atom stereocenters. The van der Waals surface area contributed by atoms with E-state index in [9.17, 15) is 22.9 Å². The summed E-state index contributed by atoms with van der Waals surface area (Å²) >= 11 is 5.79. The van der Waals surface area contributed by atoms with Gasteiger partial charge in [0.15, 0.2) is 0 Å². The van der Waals surface area contributed by atoms with Crippen molar-refractivity contribution in [3.8, 4) is 11.4 Å². The van der Waals surface area contributed by atoms with Crippen molar-refractivity contribution >= 4 is 27.3 Å². The van der Waals surface area contributed by atoms with E-state index in [4.69, 9.17) is 16.1 Å². The van der Waals surface area contributed by atoms with Crippen LogP contribution < -0.4 is 0 Å². The molecule has 1 fully saturated rings. The van der Waals surface area contributed by atoms with Crippen molar-refractivity contribution < 1.29 is 22.3 Å². The molecule has 2 aromatic carbocycles. The minimum absolute atomic E-state index is 0.0962. The van der Waals surface area contributed by atoms with Crippen molar-refractivity contribution in [2.45, 2.75) is 23.8 Å². The number of hydrogen-bond donors (Lipinski definition) is 0. The molecule has 0 N–H and O–H groups in total. The average Bonchev–Trinajstić information content (AvgIpc) is 3.38. The predicted molar refractivity (Wildman–Crippen MR) is 104 cm³/mol. The van der Waals surface area contributed by atoms with Crippen molar-refractivity contribution in [3.05, 3.63) is 69.3 Å². The lowest BCUT2D eigenvalue weighted by atomic mass is 10.2. The topological polar surface area (TPSA) is 119 Å². The summed E-state index contributed by atoms with van der Waals surface area (Å²) in [7, 11) is -4.08. The smallest absolute Gasteiger partial charge is 0.289 e. The summed E-state index contributed by atoms with van der Waals surface area (Å²) in [5, 5.41) is 14.8. The number of hydrogen-bond acceptors (Lipinski definition) is 7. The van der Waals surface area contributed by atoms with Gasteiger partial charge in [0.2, 0.25) is 21.7 Å². The summed E-state index contributed by atoms with van der Waals surface area (Å²) in [5.41, 5.74) is 0.0250. The Morgan fingerprint density at radius 1 is 1.23 bits per heavy atom. The molecule has 3 aromatic rings. The molecular formula is C18H14ClFN4O5S. The first kappa shape index (κ1) is 20.4. The zero-order chi connectivity index (χ0) is 21.5. The summed E-state index contributed by atoms with van der Waals surface area (Å²) in [5.74, 6) is -0.108.